The summed E-state index contributed by atoms with van der Waals surface area (Å²) in [5, 5.41) is 0. The third kappa shape index (κ3) is 6.36. The van der Waals surface area contributed by atoms with Gasteiger partial charge in [0.05, 0.1) is 5.75 Å². The van der Waals surface area contributed by atoms with Gasteiger partial charge in [0, 0.05) is 19.8 Å². The zero-order valence-corrected chi connectivity index (χ0v) is 13.3. The lowest BCUT2D eigenvalue weighted by atomic mass is 10.1. The third-order valence-electron chi connectivity index (χ3n) is 2.81. The second kappa shape index (κ2) is 8.24. The normalized spacial score (nSPS) is 12.3. The van der Waals surface area contributed by atoms with E-state index < -0.39 is 15.9 Å². The molecule has 0 aromatic heterocycles. The number of halogens is 1. The van der Waals surface area contributed by atoms with E-state index in [1.807, 2.05) is 18.2 Å². The van der Waals surface area contributed by atoms with Crippen molar-refractivity contribution in [3.63, 3.8) is 0 Å². The SMILES string of the molecule is CN(CCCS(C)(=O)=O)C(=O)C(N)c1ccccc1.Cl. The van der Waals surface area contributed by atoms with E-state index in [0.717, 1.165) is 5.56 Å². The molecule has 0 bridgehead atoms. The van der Waals surface area contributed by atoms with Gasteiger partial charge in [-0.15, -0.1) is 12.4 Å². The van der Waals surface area contributed by atoms with Crippen molar-refractivity contribution in [2.45, 2.75) is 12.5 Å². The summed E-state index contributed by atoms with van der Waals surface area (Å²) in [5.41, 5.74) is 6.64. The molecule has 1 amide bonds. The molecule has 20 heavy (non-hydrogen) atoms. The Kier molecular flexibility index (Phi) is 7.78. The molecule has 0 spiro atoms. The van der Waals surface area contributed by atoms with Crippen LogP contribution in [0.4, 0.5) is 0 Å². The highest BCUT2D eigenvalue weighted by atomic mass is 35.5. The van der Waals surface area contributed by atoms with Crippen LogP contribution in [-0.4, -0.2) is 44.8 Å². The van der Waals surface area contributed by atoms with Crippen LogP contribution in [-0.2, 0) is 14.6 Å². The van der Waals surface area contributed by atoms with Gasteiger partial charge in [-0.25, -0.2) is 8.42 Å². The Labute approximate surface area is 126 Å². The van der Waals surface area contributed by atoms with Gasteiger partial charge < -0.3 is 10.6 Å². The van der Waals surface area contributed by atoms with Gasteiger partial charge in [-0.3, -0.25) is 4.79 Å². The molecule has 0 radical (unpaired) electrons. The zero-order valence-electron chi connectivity index (χ0n) is 11.7. The second-order valence-corrected chi connectivity index (χ2v) is 6.89. The van der Waals surface area contributed by atoms with Gasteiger partial charge in [0.15, 0.2) is 0 Å². The monoisotopic (exact) mass is 320 g/mol. The molecule has 1 unspecified atom stereocenters. The number of sulfone groups is 1. The zero-order chi connectivity index (χ0) is 14.5. The molecule has 7 heteroatoms. The van der Waals surface area contributed by atoms with Crippen LogP contribution in [0.3, 0.4) is 0 Å². The number of carbonyl (C=O) groups excluding carboxylic acids is 1. The van der Waals surface area contributed by atoms with Crippen LogP contribution in [0, 0.1) is 0 Å². The van der Waals surface area contributed by atoms with Gasteiger partial charge in [0.2, 0.25) is 5.91 Å². The summed E-state index contributed by atoms with van der Waals surface area (Å²) in [5.74, 6) is -0.134. The third-order valence-corrected chi connectivity index (χ3v) is 3.84. The number of nitrogens with zero attached hydrogens (tertiary/aromatic N) is 1. The minimum Gasteiger partial charge on any atom is -0.344 e. The molecule has 0 fully saturated rings. The lowest BCUT2D eigenvalue weighted by Gasteiger charge is -2.21. The van der Waals surface area contributed by atoms with E-state index in [4.69, 9.17) is 5.73 Å². The molecular formula is C13H21ClN2O3S. The van der Waals surface area contributed by atoms with Crippen LogP contribution in [0.2, 0.25) is 0 Å². The van der Waals surface area contributed by atoms with Crippen LogP contribution in [0.5, 0.6) is 0 Å². The van der Waals surface area contributed by atoms with Crippen molar-refractivity contribution in [3.8, 4) is 0 Å². The van der Waals surface area contributed by atoms with Crippen LogP contribution in [0.1, 0.15) is 18.0 Å². The fourth-order valence-electron chi connectivity index (χ4n) is 1.71. The number of likely N-dealkylation sites (N-methyl/N-ethyl adjacent to an activating group) is 1. The second-order valence-electron chi connectivity index (χ2n) is 4.63. The largest absolute Gasteiger partial charge is 0.344 e. The Morgan fingerprint density at radius 1 is 1.30 bits per heavy atom. The van der Waals surface area contributed by atoms with Crippen LogP contribution < -0.4 is 5.73 Å². The van der Waals surface area contributed by atoms with E-state index in [9.17, 15) is 13.2 Å². The minimum absolute atomic E-state index is 0. The summed E-state index contributed by atoms with van der Waals surface area (Å²) in [6.07, 6.45) is 1.60. The molecule has 0 saturated heterocycles. The highest BCUT2D eigenvalue weighted by Gasteiger charge is 2.19. The number of benzene rings is 1. The predicted molar refractivity (Wildman–Crippen MR) is 82.6 cm³/mol. The van der Waals surface area contributed by atoms with Gasteiger partial charge in [0.1, 0.15) is 15.9 Å². The highest BCUT2D eigenvalue weighted by molar-refractivity contribution is 7.90. The Balaban J connectivity index is 0.00000361. The molecule has 1 rings (SSSR count). The van der Waals surface area contributed by atoms with Crippen molar-refractivity contribution in [2.24, 2.45) is 5.73 Å². The minimum atomic E-state index is -2.99. The first-order chi connectivity index (χ1) is 8.81. The molecule has 2 N–H and O–H groups in total. The molecule has 114 valence electrons. The van der Waals surface area contributed by atoms with E-state index in [1.54, 1.807) is 19.2 Å². The van der Waals surface area contributed by atoms with Gasteiger partial charge >= 0.3 is 0 Å². The topological polar surface area (TPSA) is 80.5 Å². The fraction of sp³-hybridized carbons (Fsp3) is 0.462. The van der Waals surface area contributed by atoms with Crippen molar-refractivity contribution in [2.75, 3.05) is 25.6 Å². The molecule has 0 saturated carbocycles. The molecule has 0 heterocycles. The maximum Gasteiger partial charge on any atom is 0.243 e. The lowest BCUT2D eigenvalue weighted by Crippen LogP contribution is -2.36. The quantitative estimate of drug-likeness (QED) is 0.848. The summed E-state index contributed by atoms with van der Waals surface area (Å²) in [4.78, 5) is 13.5. The van der Waals surface area contributed by atoms with Crippen LogP contribution in [0.15, 0.2) is 30.3 Å². The Hall–Kier alpha value is -1.11. The lowest BCUT2D eigenvalue weighted by molar-refractivity contribution is -0.131. The molecule has 1 aromatic carbocycles. The van der Waals surface area contributed by atoms with Crippen molar-refractivity contribution < 1.29 is 13.2 Å². The Bertz CT molecular complexity index is 520. The first-order valence-electron chi connectivity index (χ1n) is 6.04. The van der Waals surface area contributed by atoms with Crippen LogP contribution >= 0.6 is 12.4 Å². The molecule has 1 aromatic rings. The molecule has 0 aliphatic rings. The Morgan fingerprint density at radius 3 is 2.35 bits per heavy atom. The number of rotatable bonds is 6. The van der Waals surface area contributed by atoms with Gasteiger partial charge in [-0.1, -0.05) is 30.3 Å². The average molecular weight is 321 g/mol. The number of amides is 1. The fourth-order valence-corrected chi connectivity index (χ4v) is 2.37. The number of hydrogen-bond donors (Lipinski definition) is 1. The average Bonchev–Trinajstić information content (AvgIpc) is 2.36. The Morgan fingerprint density at radius 2 is 1.85 bits per heavy atom. The maximum absolute atomic E-state index is 12.1. The molecule has 0 aliphatic carbocycles. The van der Waals surface area contributed by atoms with Crippen molar-refractivity contribution in [3.05, 3.63) is 35.9 Å². The summed E-state index contributed by atoms with van der Waals surface area (Å²) >= 11 is 0. The number of carbonyl (C=O) groups is 1. The van der Waals surface area contributed by atoms with E-state index >= 15 is 0 Å². The maximum atomic E-state index is 12.1. The smallest absolute Gasteiger partial charge is 0.243 e. The number of hydrogen-bond acceptors (Lipinski definition) is 4. The summed E-state index contributed by atoms with van der Waals surface area (Å²) in [7, 11) is -1.35. The van der Waals surface area contributed by atoms with E-state index in [-0.39, 0.29) is 24.1 Å². The molecule has 1 atom stereocenters. The molecule has 5 nitrogen and oxygen atoms in total. The van der Waals surface area contributed by atoms with E-state index in [2.05, 4.69) is 0 Å². The standard InChI is InChI=1S/C13H20N2O3S.ClH/c1-15(9-6-10-19(2,17)18)13(16)12(14)11-7-4-3-5-8-11;/h3-5,7-8,12H,6,9-10,14H2,1-2H3;1H. The molecule has 0 aliphatic heterocycles. The van der Waals surface area contributed by atoms with Crippen molar-refractivity contribution in [1.29, 1.82) is 0 Å². The van der Waals surface area contributed by atoms with Crippen molar-refractivity contribution >= 4 is 28.2 Å². The van der Waals surface area contributed by atoms with E-state index in [1.165, 1.54) is 11.2 Å². The van der Waals surface area contributed by atoms with E-state index in [0.29, 0.717) is 13.0 Å². The van der Waals surface area contributed by atoms with Gasteiger partial charge in [-0.2, -0.15) is 0 Å². The van der Waals surface area contributed by atoms with Crippen molar-refractivity contribution in [1.82, 2.24) is 4.90 Å². The van der Waals surface area contributed by atoms with Gasteiger partial charge in [0.25, 0.3) is 0 Å². The highest BCUT2D eigenvalue weighted by Crippen LogP contribution is 2.12. The van der Waals surface area contributed by atoms with Crippen LogP contribution in [0.25, 0.3) is 0 Å². The first-order valence-corrected chi connectivity index (χ1v) is 8.10. The number of nitrogens with two attached hydrogens (primary N) is 1. The first kappa shape index (κ1) is 18.9. The summed E-state index contributed by atoms with van der Waals surface area (Å²) in [6.45, 7) is 0.381. The molecular weight excluding hydrogens is 300 g/mol. The van der Waals surface area contributed by atoms with Gasteiger partial charge in [-0.05, 0) is 12.0 Å². The predicted octanol–water partition coefficient (Wildman–Crippen LogP) is 1.00. The summed E-state index contributed by atoms with van der Waals surface area (Å²) < 4.78 is 22.0. The summed E-state index contributed by atoms with van der Waals surface area (Å²) in [6, 6.07) is 8.40.